The molecule has 6 heterocycles. The predicted molar refractivity (Wildman–Crippen MR) is 402 cm³/mol. The molecule has 6 aliphatic heterocycles. The SMILES string of the molecule is CCCCCCCCCCCC1(OC2(CCCCCCCCCCC)CCO2)CCO1.CCCCCCCCCCCC1(OC2(CCCCCCCCCCC)CCO2)CCO1.CCCCCCCCCCCC1(OC2(CCCCCCCCCCC)CCO2)CCO1.O=P([O-])([O-])[O-].[Na+].[Na+].[Na+]. The van der Waals surface area contributed by atoms with Gasteiger partial charge < -0.3 is 61.9 Å². The predicted octanol–water partition coefficient (Wildman–Crippen LogP) is 15.4. The zero-order valence-corrected chi connectivity index (χ0v) is 75.6. The van der Waals surface area contributed by atoms with Gasteiger partial charge in [0, 0.05) is 77.0 Å². The van der Waals surface area contributed by atoms with E-state index in [2.05, 4.69) is 41.5 Å². The molecule has 6 rings (SSSR count). The fourth-order valence-corrected chi connectivity index (χ4v) is 15.2. The van der Waals surface area contributed by atoms with Gasteiger partial charge in [-0.1, -0.05) is 350 Å². The quantitative estimate of drug-likeness (QED) is 0.0321. The molecule has 0 aromatic rings. The van der Waals surface area contributed by atoms with Crippen molar-refractivity contribution in [1.29, 1.82) is 0 Å². The van der Waals surface area contributed by atoms with Gasteiger partial charge >= 0.3 is 88.7 Å². The second-order valence-corrected chi connectivity index (χ2v) is 32.2. The van der Waals surface area contributed by atoms with Gasteiger partial charge in [0.2, 0.25) is 0 Å². The number of hydrogen-bond donors (Lipinski definition) is 0. The van der Waals surface area contributed by atoms with Crippen molar-refractivity contribution in [1.82, 2.24) is 0 Å². The van der Waals surface area contributed by atoms with Crippen LogP contribution in [0, 0.1) is 0 Å². The van der Waals surface area contributed by atoms with Gasteiger partial charge in [-0.15, -0.1) is 0 Å². The fourth-order valence-electron chi connectivity index (χ4n) is 15.2. The molecule has 0 N–H and O–H groups in total. The second kappa shape index (κ2) is 67.3. The van der Waals surface area contributed by atoms with Crippen LogP contribution in [0.3, 0.4) is 0 Å². The van der Waals surface area contributed by atoms with E-state index >= 15 is 0 Å². The zero-order chi connectivity index (χ0) is 70.8. The monoisotopic (exact) mass is 1480 g/mol. The average Bonchev–Trinajstić information content (AvgIpc) is 0.788. The Morgan fingerprint density at radius 1 is 0.218 bits per heavy atom. The van der Waals surface area contributed by atoms with Crippen molar-refractivity contribution in [2.75, 3.05) is 39.6 Å². The van der Waals surface area contributed by atoms with E-state index in [9.17, 15) is 0 Å². The molecule has 6 fully saturated rings. The van der Waals surface area contributed by atoms with Crippen LogP contribution in [-0.2, 0) is 47.2 Å². The molecular weight excluding hydrogens is 1320 g/mol. The van der Waals surface area contributed by atoms with Crippen LogP contribution in [0.1, 0.15) is 465 Å². The molecule has 6 aliphatic rings. The smallest absolute Gasteiger partial charge is 0.822 e. The molecule has 0 aromatic heterocycles. The third kappa shape index (κ3) is 52.6. The second-order valence-electron chi connectivity index (χ2n) is 31.3. The van der Waals surface area contributed by atoms with Gasteiger partial charge in [-0.05, 0) is 38.5 Å². The van der Waals surface area contributed by atoms with Crippen molar-refractivity contribution in [3.05, 3.63) is 0 Å². The van der Waals surface area contributed by atoms with Gasteiger partial charge in [-0.3, -0.25) is 0 Å². The molecule has 0 aromatic carbocycles. The molecule has 0 radical (unpaired) electrons. The summed E-state index contributed by atoms with van der Waals surface area (Å²) in [5.74, 6) is -2.00. The standard InChI is InChI=1S/3C28H54O3.3Na.H3O4P/c3*1-3-5-7-9-11-13-15-17-19-21-27(23-25-29-27)31-28(24-26-30-28)22-20-18-16-14-12-10-8-6-4-2;;;;1-5(2,3)4/h3*3-26H2,1-2H3;;;;(H3,1,2,3,4)/q;;;3*+1;/p-3. The van der Waals surface area contributed by atoms with Gasteiger partial charge in [0.15, 0.2) is 34.7 Å². The summed E-state index contributed by atoms with van der Waals surface area (Å²) in [4.78, 5) is 25.6. The Hall–Kier alpha value is 2.75. The number of hydrogen-bond acceptors (Lipinski definition) is 13. The first-order chi connectivity index (χ1) is 47.7. The molecule has 101 heavy (non-hydrogen) atoms. The number of unbranched alkanes of at least 4 members (excludes halogenated alkanes) is 48. The molecule has 6 atom stereocenters. The summed E-state index contributed by atoms with van der Waals surface area (Å²) in [5, 5.41) is 0. The molecule has 0 saturated carbocycles. The number of rotatable bonds is 66. The molecule has 0 bridgehead atoms. The van der Waals surface area contributed by atoms with Crippen LogP contribution < -0.4 is 103 Å². The fraction of sp³-hybridized carbons (Fsp3) is 1.00. The third-order valence-corrected chi connectivity index (χ3v) is 22.2. The Labute approximate surface area is 691 Å². The Morgan fingerprint density at radius 2 is 0.307 bits per heavy atom. The average molecular weight is 1480 g/mol. The molecule has 0 amide bonds. The van der Waals surface area contributed by atoms with Crippen molar-refractivity contribution in [3.63, 3.8) is 0 Å². The number of phosphoric acid groups is 1. The van der Waals surface area contributed by atoms with Crippen LogP contribution in [-0.4, -0.2) is 74.4 Å². The minimum atomic E-state index is -5.39. The van der Waals surface area contributed by atoms with E-state index in [1.54, 1.807) is 0 Å². The van der Waals surface area contributed by atoms with E-state index in [0.717, 1.165) is 117 Å². The van der Waals surface area contributed by atoms with Crippen molar-refractivity contribution in [2.45, 2.75) is 500 Å². The maximum Gasteiger partial charge on any atom is 1.00 e. The molecule has 6 saturated heterocycles. The summed E-state index contributed by atoms with van der Waals surface area (Å²) in [6.07, 6.45) is 86.3. The molecule has 17 heteroatoms. The Balaban J connectivity index is 0.00000141. The first-order valence-electron chi connectivity index (χ1n) is 43.4. The summed E-state index contributed by atoms with van der Waals surface area (Å²) in [6.45, 7) is 18.8. The van der Waals surface area contributed by atoms with E-state index < -0.39 is 7.82 Å². The van der Waals surface area contributed by atoms with E-state index in [1.165, 1.54) is 347 Å². The zero-order valence-electron chi connectivity index (χ0n) is 68.7. The Bertz CT molecular complexity index is 1500. The van der Waals surface area contributed by atoms with E-state index in [-0.39, 0.29) is 123 Å². The van der Waals surface area contributed by atoms with Crippen LogP contribution in [0.2, 0.25) is 0 Å². The maximum absolute atomic E-state index is 8.55. The van der Waals surface area contributed by atoms with E-state index in [0.29, 0.717) is 0 Å². The number of ether oxygens (including phenoxy) is 9. The molecule has 584 valence electrons. The van der Waals surface area contributed by atoms with Gasteiger partial charge in [0.25, 0.3) is 0 Å². The van der Waals surface area contributed by atoms with Gasteiger partial charge in [-0.25, -0.2) is 0 Å². The molecular formula is C84H162Na3O13P. The minimum absolute atomic E-state index is 0. The molecule has 0 spiro atoms. The van der Waals surface area contributed by atoms with E-state index in [1.807, 2.05) is 0 Å². The van der Waals surface area contributed by atoms with Crippen molar-refractivity contribution in [2.24, 2.45) is 0 Å². The molecule has 0 aliphatic carbocycles. The van der Waals surface area contributed by atoms with E-state index in [4.69, 9.17) is 61.9 Å². The summed E-state index contributed by atoms with van der Waals surface area (Å²) < 4.78 is 64.4. The maximum atomic E-state index is 8.55. The topological polar surface area (TPSA) is 169 Å². The summed E-state index contributed by atoms with van der Waals surface area (Å²) in [6, 6.07) is 0. The molecule has 6 unspecified atom stereocenters. The van der Waals surface area contributed by atoms with Gasteiger partial charge in [-0.2, -0.15) is 7.82 Å². The summed E-state index contributed by atoms with van der Waals surface area (Å²) >= 11 is 0. The molecule has 13 nitrogen and oxygen atoms in total. The third-order valence-electron chi connectivity index (χ3n) is 22.2. The largest absolute Gasteiger partial charge is 1.00 e. The van der Waals surface area contributed by atoms with Crippen LogP contribution in [0.5, 0.6) is 0 Å². The van der Waals surface area contributed by atoms with Crippen molar-refractivity contribution in [3.8, 4) is 0 Å². The van der Waals surface area contributed by atoms with Crippen LogP contribution in [0.4, 0.5) is 0 Å². The first-order valence-corrected chi connectivity index (χ1v) is 44.9. The normalized spacial score (nSPS) is 23.9. The van der Waals surface area contributed by atoms with Crippen molar-refractivity contribution < 1.29 is 151 Å². The summed E-state index contributed by atoms with van der Waals surface area (Å²) in [5.41, 5.74) is 0. The first kappa shape index (κ1) is 104. The van der Waals surface area contributed by atoms with Crippen molar-refractivity contribution >= 4 is 7.82 Å². The van der Waals surface area contributed by atoms with Crippen LogP contribution in [0.15, 0.2) is 0 Å². The van der Waals surface area contributed by atoms with Crippen LogP contribution >= 0.6 is 7.82 Å². The Morgan fingerprint density at radius 3 is 0.386 bits per heavy atom. The minimum Gasteiger partial charge on any atom is -0.822 e. The van der Waals surface area contributed by atoms with Crippen LogP contribution in [0.25, 0.3) is 0 Å². The Kier molecular flexibility index (Phi) is 69.1. The van der Waals surface area contributed by atoms with Gasteiger partial charge in [0.05, 0.1) is 39.6 Å². The van der Waals surface area contributed by atoms with Gasteiger partial charge in [0.1, 0.15) is 0 Å². The summed E-state index contributed by atoms with van der Waals surface area (Å²) in [7, 11) is -5.39.